The number of nitrogens with one attached hydrogen (secondary N) is 1. The third-order valence-electron chi connectivity index (χ3n) is 9.94. The Balaban J connectivity index is 1.53. The lowest BCUT2D eigenvalue weighted by molar-refractivity contribution is -0.187. The fourth-order valence-corrected chi connectivity index (χ4v) is 7.23. The topological polar surface area (TPSA) is 153 Å². The van der Waals surface area contributed by atoms with E-state index in [2.05, 4.69) is 5.32 Å². The molecule has 0 aromatic heterocycles. The number of carbonyl (C=O) groups excluding carboxylic acids is 3. The van der Waals surface area contributed by atoms with Crippen molar-refractivity contribution in [1.29, 1.82) is 0 Å². The Kier molecular flexibility index (Phi) is 10.5. The largest absolute Gasteiger partial charge is 0.462 e. The second-order valence-electron chi connectivity index (χ2n) is 13.8. The molecule has 7 atom stereocenters. The number of nitrogens with two attached hydrogens (primary N) is 1. The van der Waals surface area contributed by atoms with Gasteiger partial charge < -0.3 is 34.7 Å². The number of hydrogen-bond acceptors (Lipinski definition) is 9. The number of methoxy groups -OCH3 is 1. The highest BCUT2D eigenvalue weighted by Gasteiger charge is 2.64. The van der Waals surface area contributed by atoms with Gasteiger partial charge in [0.1, 0.15) is 29.5 Å². The molecule has 3 aliphatic heterocycles. The van der Waals surface area contributed by atoms with Crippen LogP contribution in [0.5, 0.6) is 0 Å². The minimum atomic E-state index is -1.54. The number of carbonyl (C=O) groups is 3. The van der Waals surface area contributed by atoms with Gasteiger partial charge in [0.25, 0.3) is 0 Å². The second-order valence-corrected chi connectivity index (χ2v) is 14.2. The van der Waals surface area contributed by atoms with E-state index in [4.69, 9.17) is 36.3 Å². The van der Waals surface area contributed by atoms with Crippen LogP contribution in [-0.4, -0.2) is 72.9 Å². The van der Waals surface area contributed by atoms with Gasteiger partial charge in [-0.3, -0.25) is 14.9 Å². The van der Waals surface area contributed by atoms with E-state index in [0.717, 1.165) is 22.3 Å². The van der Waals surface area contributed by atoms with Crippen LogP contribution < -0.4 is 16.0 Å². The lowest BCUT2D eigenvalue weighted by Crippen LogP contribution is -2.53. The van der Waals surface area contributed by atoms with Crippen molar-refractivity contribution in [3.8, 4) is 0 Å². The molecule has 5 rings (SSSR count). The molecule has 3 heterocycles. The fourth-order valence-electron chi connectivity index (χ4n) is 6.99. The normalized spacial score (nSPS) is 32.3. The van der Waals surface area contributed by atoms with Gasteiger partial charge >= 0.3 is 12.1 Å². The number of ether oxygens (including phenoxy) is 4. The van der Waals surface area contributed by atoms with E-state index in [1.807, 2.05) is 45.1 Å². The first-order valence-electron chi connectivity index (χ1n) is 16.4. The molecule has 2 aromatic rings. The molecule has 2 fully saturated rings. The molecule has 0 unspecified atom stereocenters. The molecule has 2 aromatic carbocycles. The van der Waals surface area contributed by atoms with Crippen LogP contribution >= 0.6 is 11.6 Å². The van der Waals surface area contributed by atoms with Crippen LogP contribution in [0.1, 0.15) is 56.7 Å². The van der Waals surface area contributed by atoms with Crippen molar-refractivity contribution in [2.24, 2.45) is 5.92 Å². The zero-order valence-corrected chi connectivity index (χ0v) is 29.8. The van der Waals surface area contributed by atoms with Crippen LogP contribution in [0.3, 0.4) is 0 Å². The minimum absolute atomic E-state index is 0.0924. The number of nitrogens with zero attached hydrogens (tertiary/aromatic N) is 1. The molecule has 264 valence electrons. The first kappa shape index (κ1) is 36.4. The van der Waals surface area contributed by atoms with E-state index in [1.54, 1.807) is 45.2 Å². The molecule has 3 aliphatic rings. The number of nitrogen functional groups attached to an aromatic ring is 1. The van der Waals surface area contributed by atoms with E-state index >= 15 is 0 Å². The van der Waals surface area contributed by atoms with Crippen molar-refractivity contribution in [3.05, 3.63) is 75.8 Å². The van der Waals surface area contributed by atoms with Crippen LogP contribution in [0.4, 0.5) is 21.9 Å². The summed E-state index contributed by atoms with van der Waals surface area (Å²) in [4.78, 5) is 41.7. The average molecular weight is 696 g/mol. The summed E-state index contributed by atoms with van der Waals surface area (Å²) in [5.74, 6) is -1.35. The standard InChI is InChI=1S/C37H46ClN3O8/c1-20-9-8-10-29(46-7)37(45)18-28(47-32(43)19-37)23(4)34-36(5,49-34)30(48-35(44)40-26-12-11-25(39)15-21(26)2)17-31(42)41(6)27-16-24(13-20)14-22(3)33(27)38/h8-12,14-16,23,28-30,34,45H,13,17-19,39H2,1-7H3,(H,40,44)/b10-8+,20-9+/t23-,28+,29-,30+,34+,36+,37-/m1/s1. The highest BCUT2D eigenvalue weighted by molar-refractivity contribution is 6.34. The number of halogens is 1. The van der Waals surface area contributed by atoms with Crippen LogP contribution in [0.15, 0.2) is 54.1 Å². The van der Waals surface area contributed by atoms with Gasteiger partial charge in [0.2, 0.25) is 5.91 Å². The van der Waals surface area contributed by atoms with Gasteiger partial charge in [0.05, 0.1) is 29.7 Å². The lowest BCUT2D eigenvalue weighted by atomic mass is 9.78. The number of benzene rings is 2. The van der Waals surface area contributed by atoms with E-state index < -0.39 is 53.6 Å². The molecular formula is C37H46ClN3O8. The number of amides is 2. The highest BCUT2D eigenvalue weighted by Crippen LogP contribution is 2.49. The Morgan fingerprint density at radius 2 is 1.90 bits per heavy atom. The minimum Gasteiger partial charge on any atom is -0.462 e. The Labute approximate surface area is 292 Å². The molecule has 12 heteroatoms. The van der Waals surface area contributed by atoms with Gasteiger partial charge in [-0.25, -0.2) is 4.79 Å². The molecule has 49 heavy (non-hydrogen) atoms. The van der Waals surface area contributed by atoms with Gasteiger partial charge in [-0.1, -0.05) is 48.4 Å². The predicted octanol–water partition coefficient (Wildman–Crippen LogP) is 5.81. The third kappa shape index (κ3) is 7.80. The van der Waals surface area contributed by atoms with Crippen molar-refractivity contribution in [3.63, 3.8) is 0 Å². The first-order valence-corrected chi connectivity index (χ1v) is 16.8. The second kappa shape index (κ2) is 14.1. The quantitative estimate of drug-likeness (QED) is 0.205. The average Bonchev–Trinajstić information content (AvgIpc) is 3.72. The Morgan fingerprint density at radius 3 is 2.59 bits per heavy atom. The number of fused-ring (bicyclic) bond motifs is 5. The van der Waals surface area contributed by atoms with E-state index in [-0.39, 0.29) is 25.2 Å². The van der Waals surface area contributed by atoms with Crippen molar-refractivity contribution in [2.45, 2.75) is 95.9 Å². The summed E-state index contributed by atoms with van der Waals surface area (Å²) < 4.78 is 23.7. The molecule has 0 aliphatic carbocycles. The van der Waals surface area contributed by atoms with Gasteiger partial charge in [0.15, 0.2) is 0 Å². The van der Waals surface area contributed by atoms with E-state index in [0.29, 0.717) is 28.5 Å². The van der Waals surface area contributed by atoms with Gasteiger partial charge in [-0.05, 0) is 75.1 Å². The summed E-state index contributed by atoms with van der Waals surface area (Å²) in [7, 11) is 3.13. The zero-order valence-electron chi connectivity index (χ0n) is 29.0. The number of aliphatic hydroxyl groups is 1. The number of hydrogen-bond donors (Lipinski definition) is 3. The third-order valence-corrected chi connectivity index (χ3v) is 10.4. The molecule has 2 amide bonds. The molecule has 0 saturated carbocycles. The smallest absolute Gasteiger partial charge is 0.412 e. The molecule has 0 spiro atoms. The van der Waals surface area contributed by atoms with Crippen molar-refractivity contribution in [1.82, 2.24) is 0 Å². The fraction of sp³-hybridized carbons (Fsp3) is 0.486. The van der Waals surface area contributed by atoms with Crippen molar-refractivity contribution < 1.29 is 38.4 Å². The van der Waals surface area contributed by atoms with Crippen LogP contribution in [0, 0.1) is 19.8 Å². The highest BCUT2D eigenvalue weighted by atomic mass is 35.5. The summed E-state index contributed by atoms with van der Waals surface area (Å²) in [5.41, 5.74) is 8.28. The molecule has 4 N–H and O–H groups in total. The number of epoxide rings is 1. The van der Waals surface area contributed by atoms with Crippen LogP contribution in [0.2, 0.25) is 5.02 Å². The molecular weight excluding hydrogens is 650 g/mol. The lowest BCUT2D eigenvalue weighted by Gasteiger charge is -2.41. The van der Waals surface area contributed by atoms with Gasteiger partial charge in [-0.2, -0.15) is 0 Å². The molecule has 0 radical (unpaired) electrons. The summed E-state index contributed by atoms with van der Waals surface area (Å²) in [6, 6.07) is 8.91. The number of allylic oxidation sites excluding steroid dienone is 3. The summed E-state index contributed by atoms with van der Waals surface area (Å²) >= 11 is 6.75. The maximum atomic E-state index is 14.0. The maximum absolute atomic E-state index is 14.0. The summed E-state index contributed by atoms with van der Waals surface area (Å²) in [6.45, 7) is 9.28. The number of rotatable bonds is 3. The van der Waals surface area contributed by atoms with Crippen molar-refractivity contribution >= 4 is 46.6 Å². The van der Waals surface area contributed by atoms with Crippen LogP contribution in [-0.2, 0) is 35.0 Å². The van der Waals surface area contributed by atoms with Crippen molar-refractivity contribution in [2.75, 3.05) is 30.1 Å². The molecule has 4 bridgehead atoms. The predicted molar refractivity (Wildman–Crippen MR) is 188 cm³/mol. The Morgan fingerprint density at radius 1 is 1.16 bits per heavy atom. The van der Waals surface area contributed by atoms with Gasteiger partial charge in [0, 0.05) is 37.9 Å². The van der Waals surface area contributed by atoms with Gasteiger partial charge in [-0.15, -0.1) is 0 Å². The van der Waals surface area contributed by atoms with E-state index in [9.17, 15) is 19.5 Å². The summed E-state index contributed by atoms with van der Waals surface area (Å²) in [6.07, 6.45) is 1.72. The van der Waals surface area contributed by atoms with Crippen LogP contribution in [0.25, 0.3) is 0 Å². The number of anilines is 3. The first-order chi connectivity index (χ1) is 23.0. The monoisotopic (exact) mass is 695 g/mol. The number of esters is 1. The number of aryl methyl sites for hydroxylation is 2. The molecule has 2 saturated heterocycles. The molecule has 11 nitrogen and oxygen atoms in total. The SMILES string of the molecule is CO[C@@H]1/C=C/C=C(\C)Cc2cc(C)c(Cl)c(c2)N(C)C(=O)C[C@H](OC(=O)Nc2ccc(N)cc2C)[C@]2(C)O[C@H]2[C@H](C)[C@@H]2C[C@@]1(O)CC(=O)O2. The summed E-state index contributed by atoms with van der Waals surface area (Å²) in [5, 5.41) is 15.0. The maximum Gasteiger partial charge on any atom is 0.412 e. The zero-order chi connectivity index (χ0) is 35.8. The Bertz CT molecular complexity index is 1690. The Hall–Kier alpha value is -3.90. The van der Waals surface area contributed by atoms with E-state index in [1.165, 1.54) is 12.0 Å².